The maximum Gasteiger partial charge on any atom is 0.0297 e. The number of aryl methyl sites for hydroxylation is 2. The van der Waals surface area contributed by atoms with Crippen LogP contribution in [0.25, 0.3) is 10.8 Å². The summed E-state index contributed by atoms with van der Waals surface area (Å²) in [6.07, 6.45) is 3.43. The second-order valence-corrected chi connectivity index (χ2v) is 6.52. The molecular formula is C23H27N. The molecule has 0 aliphatic heterocycles. The van der Waals surface area contributed by atoms with Gasteiger partial charge < -0.3 is 5.32 Å². The van der Waals surface area contributed by atoms with Crippen molar-refractivity contribution in [1.29, 1.82) is 0 Å². The Hall–Kier alpha value is -2.12. The number of fused-ring (bicyclic) bond motifs is 1. The highest BCUT2D eigenvalue weighted by Crippen LogP contribution is 2.24. The normalized spacial score (nSPS) is 12.4. The molecule has 3 aromatic rings. The van der Waals surface area contributed by atoms with Gasteiger partial charge in [-0.2, -0.15) is 0 Å². The summed E-state index contributed by atoms with van der Waals surface area (Å²) in [5.41, 5.74) is 4.28. The van der Waals surface area contributed by atoms with Crippen molar-refractivity contribution < 1.29 is 0 Å². The Kier molecular flexibility index (Phi) is 5.66. The first-order valence-corrected chi connectivity index (χ1v) is 9.07. The standard InChI is InChI=1S/C23H27N/c1-3-19-9-6-10-20(17-19)11-8-16-24-18(2)22-15-7-13-21-12-4-5-14-23(21)22/h4-7,9-10,12-15,17-18,24H,3,8,11,16H2,1-2H3/t18-/m1/s1. The van der Waals surface area contributed by atoms with E-state index in [1.54, 1.807) is 0 Å². The second kappa shape index (κ2) is 8.12. The fourth-order valence-electron chi connectivity index (χ4n) is 3.35. The Morgan fingerprint density at radius 3 is 2.50 bits per heavy atom. The van der Waals surface area contributed by atoms with Crippen molar-refractivity contribution in [3.63, 3.8) is 0 Å². The summed E-state index contributed by atoms with van der Waals surface area (Å²) in [5, 5.41) is 6.37. The zero-order valence-electron chi connectivity index (χ0n) is 14.8. The van der Waals surface area contributed by atoms with E-state index in [0.29, 0.717) is 6.04 Å². The van der Waals surface area contributed by atoms with Crippen LogP contribution in [0.5, 0.6) is 0 Å². The molecule has 0 aromatic heterocycles. The predicted octanol–water partition coefficient (Wildman–Crippen LogP) is 5.69. The maximum absolute atomic E-state index is 3.69. The summed E-state index contributed by atoms with van der Waals surface area (Å²) in [7, 11) is 0. The van der Waals surface area contributed by atoms with Crippen LogP contribution in [0.3, 0.4) is 0 Å². The monoisotopic (exact) mass is 317 g/mol. The minimum atomic E-state index is 0.373. The van der Waals surface area contributed by atoms with Gasteiger partial charge >= 0.3 is 0 Å². The highest BCUT2D eigenvalue weighted by Gasteiger charge is 2.08. The van der Waals surface area contributed by atoms with Gasteiger partial charge in [0.2, 0.25) is 0 Å². The SMILES string of the molecule is CCc1cccc(CCCN[C@H](C)c2cccc3ccccc23)c1. The summed E-state index contributed by atoms with van der Waals surface area (Å²) in [6, 6.07) is 24.6. The molecule has 0 aliphatic rings. The summed E-state index contributed by atoms with van der Waals surface area (Å²) >= 11 is 0. The average molecular weight is 317 g/mol. The van der Waals surface area contributed by atoms with Gasteiger partial charge in [-0.25, -0.2) is 0 Å². The first kappa shape index (κ1) is 16.7. The number of benzene rings is 3. The van der Waals surface area contributed by atoms with Crippen LogP contribution in [0.4, 0.5) is 0 Å². The maximum atomic E-state index is 3.69. The third kappa shape index (κ3) is 4.04. The Morgan fingerprint density at radius 2 is 1.62 bits per heavy atom. The van der Waals surface area contributed by atoms with Crippen molar-refractivity contribution >= 4 is 10.8 Å². The number of nitrogens with one attached hydrogen (secondary N) is 1. The van der Waals surface area contributed by atoms with Gasteiger partial charge in [0, 0.05) is 6.04 Å². The first-order valence-electron chi connectivity index (χ1n) is 9.07. The van der Waals surface area contributed by atoms with E-state index in [1.807, 2.05) is 0 Å². The smallest absolute Gasteiger partial charge is 0.0297 e. The molecule has 0 heterocycles. The molecule has 0 bridgehead atoms. The van der Waals surface area contributed by atoms with E-state index in [1.165, 1.54) is 33.9 Å². The quantitative estimate of drug-likeness (QED) is 0.552. The highest BCUT2D eigenvalue weighted by molar-refractivity contribution is 5.86. The van der Waals surface area contributed by atoms with Crippen LogP contribution < -0.4 is 5.32 Å². The lowest BCUT2D eigenvalue weighted by Gasteiger charge is -2.16. The van der Waals surface area contributed by atoms with Crippen molar-refractivity contribution in [3.05, 3.63) is 83.4 Å². The van der Waals surface area contributed by atoms with Crippen molar-refractivity contribution in [1.82, 2.24) is 5.32 Å². The molecule has 0 aliphatic carbocycles. The topological polar surface area (TPSA) is 12.0 Å². The molecule has 1 atom stereocenters. The molecule has 0 radical (unpaired) electrons. The summed E-state index contributed by atoms with van der Waals surface area (Å²) in [4.78, 5) is 0. The van der Waals surface area contributed by atoms with Crippen molar-refractivity contribution in [2.75, 3.05) is 6.54 Å². The highest BCUT2D eigenvalue weighted by atomic mass is 14.9. The Bertz CT molecular complexity index is 785. The van der Waals surface area contributed by atoms with Crippen molar-refractivity contribution in [3.8, 4) is 0 Å². The molecule has 1 heteroatoms. The van der Waals surface area contributed by atoms with E-state index in [9.17, 15) is 0 Å². The molecule has 0 saturated carbocycles. The molecule has 3 rings (SSSR count). The molecule has 1 N–H and O–H groups in total. The van der Waals surface area contributed by atoms with Gasteiger partial charge in [0.25, 0.3) is 0 Å². The lowest BCUT2D eigenvalue weighted by atomic mass is 9.99. The van der Waals surface area contributed by atoms with Crippen LogP contribution in [0.1, 0.15) is 43.0 Å². The fourth-order valence-corrected chi connectivity index (χ4v) is 3.35. The number of hydrogen-bond acceptors (Lipinski definition) is 1. The largest absolute Gasteiger partial charge is 0.310 e. The van der Waals surface area contributed by atoms with Gasteiger partial charge in [0.05, 0.1) is 0 Å². The minimum absolute atomic E-state index is 0.373. The molecule has 3 aromatic carbocycles. The van der Waals surface area contributed by atoms with Crippen LogP contribution in [-0.4, -0.2) is 6.54 Å². The van der Waals surface area contributed by atoms with Gasteiger partial charge in [0.15, 0.2) is 0 Å². The zero-order valence-corrected chi connectivity index (χ0v) is 14.8. The molecule has 0 unspecified atom stereocenters. The van der Waals surface area contributed by atoms with E-state index in [0.717, 1.165) is 19.4 Å². The fraction of sp³-hybridized carbons (Fsp3) is 0.304. The Balaban J connectivity index is 1.56. The molecular weight excluding hydrogens is 290 g/mol. The summed E-state index contributed by atoms with van der Waals surface area (Å²) < 4.78 is 0. The van der Waals surface area contributed by atoms with Gasteiger partial charge in [-0.3, -0.25) is 0 Å². The average Bonchev–Trinajstić information content (AvgIpc) is 2.64. The predicted molar refractivity (Wildman–Crippen MR) is 105 cm³/mol. The molecule has 0 amide bonds. The molecule has 0 spiro atoms. The summed E-state index contributed by atoms with van der Waals surface area (Å²) in [5.74, 6) is 0. The Morgan fingerprint density at radius 1 is 0.875 bits per heavy atom. The van der Waals surface area contributed by atoms with E-state index in [-0.39, 0.29) is 0 Å². The summed E-state index contributed by atoms with van der Waals surface area (Å²) in [6.45, 7) is 5.52. The van der Waals surface area contributed by atoms with E-state index in [4.69, 9.17) is 0 Å². The van der Waals surface area contributed by atoms with E-state index in [2.05, 4.69) is 85.9 Å². The van der Waals surface area contributed by atoms with Gasteiger partial charge in [-0.15, -0.1) is 0 Å². The van der Waals surface area contributed by atoms with Gasteiger partial charge in [-0.1, -0.05) is 73.7 Å². The van der Waals surface area contributed by atoms with E-state index < -0.39 is 0 Å². The van der Waals surface area contributed by atoms with Gasteiger partial charge in [-0.05, 0) is 60.2 Å². The van der Waals surface area contributed by atoms with Crippen LogP contribution in [0.15, 0.2) is 66.7 Å². The molecule has 0 saturated heterocycles. The van der Waals surface area contributed by atoms with Crippen molar-refractivity contribution in [2.45, 2.75) is 39.2 Å². The van der Waals surface area contributed by atoms with Crippen LogP contribution >= 0.6 is 0 Å². The zero-order chi connectivity index (χ0) is 16.8. The first-order chi connectivity index (χ1) is 11.8. The van der Waals surface area contributed by atoms with E-state index >= 15 is 0 Å². The lowest BCUT2D eigenvalue weighted by molar-refractivity contribution is 0.561. The van der Waals surface area contributed by atoms with Gasteiger partial charge in [0.1, 0.15) is 0 Å². The number of hydrogen-bond donors (Lipinski definition) is 1. The third-order valence-electron chi connectivity index (χ3n) is 4.78. The van der Waals surface area contributed by atoms with Crippen LogP contribution in [-0.2, 0) is 12.8 Å². The Labute approximate surface area is 145 Å². The second-order valence-electron chi connectivity index (χ2n) is 6.52. The molecule has 0 fully saturated rings. The van der Waals surface area contributed by atoms with Crippen LogP contribution in [0, 0.1) is 0 Å². The third-order valence-corrected chi connectivity index (χ3v) is 4.78. The molecule has 24 heavy (non-hydrogen) atoms. The van der Waals surface area contributed by atoms with Crippen LogP contribution in [0.2, 0.25) is 0 Å². The molecule has 124 valence electrons. The van der Waals surface area contributed by atoms with Crippen molar-refractivity contribution in [2.24, 2.45) is 0 Å². The minimum Gasteiger partial charge on any atom is -0.310 e. The molecule has 1 nitrogen and oxygen atoms in total. The lowest BCUT2D eigenvalue weighted by Crippen LogP contribution is -2.20. The number of rotatable bonds is 7.